The Labute approximate surface area is 155 Å². The average Bonchev–Trinajstić information content (AvgIpc) is 3.14. The van der Waals surface area contributed by atoms with E-state index in [0.717, 1.165) is 0 Å². The summed E-state index contributed by atoms with van der Waals surface area (Å²) in [7, 11) is 1.57. The molecule has 0 saturated carbocycles. The van der Waals surface area contributed by atoms with Crippen LogP contribution in [-0.4, -0.2) is 27.8 Å². The van der Waals surface area contributed by atoms with Crippen LogP contribution in [0.1, 0.15) is 25.7 Å². The van der Waals surface area contributed by atoms with Gasteiger partial charge in [-0.25, -0.2) is 0 Å². The third kappa shape index (κ3) is 4.41. The van der Waals surface area contributed by atoms with Crippen molar-refractivity contribution in [1.82, 2.24) is 14.8 Å². The van der Waals surface area contributed by atoms with Gasteiger partial charge in [0, 0.05) is 23.9 Å². The number of benzene rings is 1. The molecule has 0 saturated heterocycles. The molecular weight excluding hydrogens is 348 g/mol. The number of hydrogen-bond donors (Lipinski definition) is 1. The first kappa shape index (κ1) is 18.4. The SMILES string of the molecule is COc1ccc(NC(=O)Cn2cc(-c3nnc(C(C)C)o3)ccc2=O)cc1. The predicted molar refractivity (Wildman–Crippen MR) is 99.7 cm³/mol. The van der Waals surface area contributed by atoms with E-state index in [1.54, 1.807) is 37.4 Å². The largest absolute Gasteiger partial charge is 0.497 e. The van der Waals surface area contributed by atoms with E-state index < -0.39 is 0 Å². The van der Waals surface area contributed by atoms with Crippen LogP contribution in [0, 0.1) is 0 Å². The van der Waals surface area contributed by atoms with E-state index in [1.165, 1.54) is 16.8 Å². The number of hydrogen-bond acceptors (Lipinski definition) is 6. The van der Waals surface area contributed by atoms with Gasteiger partial charge in [0.2, 0.25) is 17.7 Å². The van der Waals surface area contributed by atoms with E-state index in [9.17, 15) is 9.59 Å². The van der Waals surface area contributed by atoms with Crippen molar-refractivity contribution in [2.24, 2.45) is 0 Å². The van der Waals surface area contributed by atoms with Gasteiger partial charge in [-0.15, -0.1) is 10.2 Å². The Morgan fingerprint density at radius 2 is 1.93 bits per heavy atom. The van der Waals surface area contributed by atoms with Crippen LogP contribution >= 0.6 is 0 Å². The van der Waals surface area contributed by atoms with Gasteiger partial charge in [0.1, 0.15) is 12.3 Å². The van der Waals surface area contributed by atoms with Gasteiger partial charge in [0.05, 0.1) is 12.7 Å². The van der Waals surface area contributed by atoms with Crippen molar-refractivity contribution in [3.05, 3.63) is 58.8 Å². The predicted octanol–water partition coefficient (Wildman–Crippen LogP) is 2.67. The minimum absolute atomic E-state index is 0.104. The Balaban J connectivity index is 1.75. The van der Waals surface area contributed by atoms with Gasteiger partial charge >= 0.3 is 0 Å². The van der Waals surface area contributed by atoms with Gasteiger partial charge in [0.15, 0.2) is 0 Å². The number of anilines is 1. The molecule has 0 fully saturated rings. The first-order chi connectivity index (χ1) is 13.0. The summed E-state index contributed by atoms with van der Waals surface area (Å²) < 4.78 is 12.0. The minimum Gasteiger partial charge on any atom is -0.497 e. The first-order valence-corrected chi connectivity index (χ1v) is 8.44. The first-order valence-electron chi connectivity index (χ1n) is 8.44. The van der Waals surface area contributed by atoms with Crippen molar-refractivity contribution in [3.63, 3.8) is 0 Å². The summed E-state index contributed by atoms with van der Waals surface area (Å²) in [6.45, 7) is 3.76. The van der Waals surface area contributed by atoms with Gasteiger partial charge in [-0.2, -0.15) is 0 Å². The van der Waals surface area contributed by atoms with E-state index in [0.29, 0.717) is 28.8 Å². The van der Waals surface area contributed by atoms with Crippen molar-refractivity contribution in [3.8, 4) is 17.2 Å². The molecule has 140 valence electrons. The summed E-state index contributed by atoms with van der Waals surface area (Å²) in [5, 5.41) is 10.7. The van der Waals surface area contributed by atoms with E-state index in [4.69, 9.17) is 9.15 Å². The molecule has 3 aromatic rings. The molecule has 0 aliphatic heterocycles. The highest BCUT2D eigenvalue weighted by Crippen LogP contribution is 2.20. The second-order valence-electron chi connectivity index (χ2n) is 6.26. The van der Waals surface area contributed by atoms with Crippen LogP contribution in [0.15, 0.2) is 51.8 Å². The van der Waals surface area contributed by atoms with Crippen LogP contribution in [0.4, 0.5) is 5.69 Å². The average molecular weight is 368 g/mol. The molecule has 0 unspecified atom stereocenters. The minimum atomic E-state index is -0.326. The lowest BCUT2D eigenvalue weighted by Crippen LogP contribution is -2.26. The fourth-order valence-corrected chi connectivity index (χ4v) is 2.40. The Hall–Kier alpha value is -3.42. The van der Waals surface area contributed by atoms with Crippen molar-refractivity contribution in [2.45, 2.75) is 26.3 Å². The van der Waals surface area contributed by atoms with Gasteiger partial charge in [-0.05, 0) is 30.3 Å². The standard InChI is InChI=1S/C19H20N4O4/c1-12(2)18-21-22-19(27-18)13-4-9-17(25)23(10-13)11-16(24)20-14-5-7-15(26-3)8-6-14/h4-10,12H,11H2,1-3H3,(H,20,24). The molecule has 0 spiro atoms. The highest BCUT2D eigenvalue weighted by molar-refractivity contribution is 5.90. The fourth-order valence-electron chi connectivity index (χ4n) is 2.40. The second-order valence-corrected chi connectivity index (χ2v) is 6.26. The Morgan fingerprint density at radius 1 is 1.19 bits per heavy atom. The van der Waals surface area contributed by atoms with E-state index >= 15 is 0 Å². The molecule has 2 aromatic heterocycles. The lowest BCUT2D eigenvalue weighted by atomic mass is 10.2. The lowest BCUT2D eigenvalue weighted by molar-refractivity contribution is -0.116. The molecular formula is C19H20N4O4. The molecule has 27 heavy (non-hydrogen) atoms. The monoisotopic (exact) mass is 368 g/mol. The number of nitrogens with zero attached hydrogens (tertiary/aromatic N) is 3. The summed E-state index contributed by atoms with van der Waals surface area (Å²) >= 11 is 0. The maximum Gasteiger partial charge on any atom is 0.251 e. The van der Waals surface area contributed by atoms with Crippen LogP contribution in [-0.2, 0) is 11.3 Å². The molecule has 0 atom stereocenters. The fraction of sp³-hybridized carbons (Fsp3) is 0.263. The zero-order chi connectivity index (χ0) is 19.4. The van der Waals surface area contributed by atoms with Crippen LogP contribution in [0.25, 0.3) is 11.5 Å². The number of methoxy groups -OCH3 is 1. The molecule has 0 aliphatic rings. The zero-order valence-electron chi connectivity index (χ0n) is 15.3. The summed E-state index contributed by atoms with van der Waals surface area (Å²) in [4.78, 5) is 24.4. The number of carbonyl (C=O) groups excluding carboxylic acids is 1. The summed E-state index contributed by atoms with van der Waals surface area (Å²) in [5.41, 5.74) is 0.891. The zero-order valence-corrected chi connectivity index (χ0v) is 15.3. The number of nitrogens with one attached hydrogen (secondary N) is 1. The topological polar surface area (TPSA) is 99.2 Å². The third-order valence-electron chi connectivity index (χ3n) is 3.85. The number of pyridine rings is 1. The van der Waals surface area contributed by atoms with Gasteiger partial charge in [0.25, 0.3) is 5.56 Å². The molecule has 1 aromatic carbocycles. The van der Waals surface area contributed by atoms with E-state index in [1.807, 2.05) is 13.8 Å². The Bertz CT molecular complexity index is 989. The maximum absolute atomic E-state index is 12.3. The van der Waals surface area contributed by atoms with E-state index in [2.05, 4.69) is 15.5 Å². The highest BCUT2D eigenvalue weighted by atomic mass is 16.5. The lowest BCUT2D eigenvalue weighted by Gasteiger charge is -2.09. The molecule has 8 nitrogen and oxygen atoms in total. The van der Waals surface area contributed by atoms with Crippen LogP contribution in [0.2, 0.25) is 0 Å². The maximum atomic E-state index is 12.3. The summed E-state index contributed by atoms with van der Waals surface area (Å²) in [5.74, 6) is 1.29. The van der Waals surface area contributed by atoms with Crippen molar-refractivity contribution >= 4 is 11.6 Å². The van der Waals surface area contributed by atoms with Crippen LogP contribution in [0.5, 0.6) is 5.75 Å². The number of ether oxygens (including phenoxy) is 1. The van der Waals surface area contributed by atoms with Crippen LogP contribution < -0.4 is 15.6 Å². The molecule has 1 amide bonds. The number of rotatable bonds is 6. The van der Waals surface area contributed by atoms with E-state index in [-0.39, 0.29) is 23.9 Å². The quantitative estimate of drug-likeness (QED) is 0.718. The van der Waals surface area contributed by atoms with Gasteiger partial charge in [-0.3, -0.25) is 9.59 Å². The normalized spacial score (nSPS) is 10.8. The molecule has 8 heteroatoms. The highest BCUT2D eigenvalue weighted by Gasteiger charge is 2.13. The third-order valence-corrected chi connectivity index (χ3v) is 3.85. The molecule has 0 aliphatic carbocycles. The second kappa shape index (κ2) is 7.86. The summed E-state index contributed by atoms with van der Waals surface area (Å²) in [6.07, 6.45) is 1.54. The molecule has 1 N–H and O–H groups in total. The van der Waals surface area contributed by atoms with Crippen LogP contribution in [0.3, 0.4) is 0 Å². The smallest absolute Gasteiger partial charge is 0.251 e. The molecule has 0 bridgehead atoms. The Morgan fingerprint density at radius 3 is 2.56 bits per heavy atom. The molecule has 3 rings (SSSR count). The summed E-state index contributed by atoms with van der Waals surface area (Å²) in [6, 6.07) is 9.89. The molecule has 2 heterocycles. The van der Waals surface area contributed by atoms with Gasteiger partial charge in [-0.1, -0.05) is 13.8 Å². The number of aromatic nitrogens is 3. The van der Waals surface area contributed by atoms with Gasteiger partial charge < -0.3 is 19.0 Å². The molecule has 0 radical (unpaired) electrons. The Kier molecular flexibility index (Phi) is 5.35. The van der Waals surface area contributed by atoms with Crippen molar-refractivity contribution < 1.29 is 13.9 Å². The van der Waals surface area contributed by atoms with Crippen molar-refractivity contribution in [1.29, 1.82) is 0 Å². The number of amides is 1. The van der Waals surface area contributed by atoms with Crippen molar-refractivity contribution in [2.75, 3.05) is 12.4 Å². The number of carbonyl (C=O) groups is 1.